The molecule has 1 saturated carbocycles. The molecule has 4 heteroatoms. The Morgan fingerprint density at radius 3 is 2.37 bits per heavy atom. The molecule has 1 aliphatic rings. The van der Waals surface area contributed by atoms with Crippen molar-refractivity contribution in [1.82, 2.24) is 4.90 Å². The lowest BCUT2D eigenvalue weighted by Gasteiger charge is -2.20. The van der Waals surface area contributed by atoms with Gasteiger partial charge in [-0.3, -0.25) is 9.59 Å². The van der Waals surface area contributed by atoms with Crippen LogP contribution in [0.5, 0.6) is 0 Å². The molecule has 0 spiro atoms. The van der Waals surface area contributed by atoms with Crippen LogP contribution in [0, 0.1) is 5.92 Å². The highest BCUT2D eigenvalue weighted by atomic mass is 16.2. The quantitative estimate of drug-likeness (QED) is 0.824. The first-order valence-electron chi connectivity index (χ1n) is 9.75. The Morgan fingerprint density at radius 2 is 1.70 bits per heavy atom. The summed E-state index contributed by atoms with van der Waals surface area (Å²) >= 11 is 0. The molecule has 0 radical (unpaired) electrons. The molecule has 0 aliphatic heterocycles. The van der Waals surface area contributed by atoms with Crippen LogP contribution in [0.1, 0.15) is 44.6 Å². The van der Waals surface area contributed by atoms with Gasteiger partial charge in [-0.2, -0.15) is 0 Å². The highest BCUT2D eigenvalue weighted by Crippen LogP contribution is 2.26. The number of amides is 2. The van der Waals surface area contributed by atoms with Gasteiger partial charge in [0.05, 0.1) is 0 Å². The SMILES string of the molecule is CC(=O)N(C)Cc1cccc(-c2ccc(NC(=O)C3CCCCC3)cc2)c1. The lowest BCUT2D eigenvalue weighted by Crippen LogP contribution is -2.24. The summed E-state index contributed by atoms with van der Waals surface area (Å²) in [6, 6.07) is 16.2. The Labute approximate surface area is 161 Å². The van der Waals surface area contributed by atoms with Crippen molar-refractivity contribution in [3.63, 3.8) is 0 Å². The summed E-state index contributed by atoms with van der Waals surface area (Å²) in [7, 11) is 1.80. The van der Waals surface area contributed by atoms with Crippen molar-refractivity contribution >= 4 is 17.5 Å². The van der Waals surface area contributed by atoms with E-state index in [0.717, 1.165) is 48.1 Å². The summed E-state index contributed by atoms with van der Waals surface area (Å²) < 4.78 is 0. The minimum atomic E-state index is 0.0541. The van der Waals surface area contributed by atoms with Crippen molar-refractivity contribution in [1.29, 1.82) is 0 Å². The molecule has 1 N–H and O–H groups in total. The molecule has 4 nitrogen and oxygen atoms in total. The minimum Gasteiger partial charge on any atom is -0.342 e. The van der Waals surface area contributed by atoms with Gasteiger partial charge in [-0.15, -0.1) is 0 Å². The van der Waals surface area contributed by atoms with Crippen LogP contribution >= 0.6 is 0 Å². The Hall–Kier alpha value is -2.62. The van der Waals surface area contributed by atoms with Crippen molar-refractivity contribution in [3.05, 3.63) is 54.1 Å². The molecule has 3 rings (SSSR count). The Morgan fingerprint density at radius 1 is 1.00 bits per heavy atom. The molecule has 1 aliphatic carbocycles. The number of carbonyl (C=O) groups is 2. The van der Waals surface area contributed by atoms with E-state index in [0.29, 0.717) is 6.54 Å². The maximum atomic E-state index is 12.4. The molecule has 2 amide bonds. The van der Waals surface area contributed by atoms with Gasteiger partial charge in [0.1, 0.15) is 0 Å². The molecule has 0 saturated heterocycles. The second kappa shape index (κ2) is 8.85. The number of nitrogens with zero attached hydrogens (tertiary/aromatic N) is 1. The molecule has 142 valence electrons. The Kier molecular flexibility index (Phi) is 6.28. The second-order valence-corrected chi connectivity index (χ2v) is 7.48. The zero-order valence-electron chi connectivity index (χ0n) is 16.2. The van der Waals surface area contributed by atoms with Gasteiger partial charge in [0.2, 0.25) is 11.8 Å². The van der Waals surface area contributed by atoms with Gasteiger partial charge in [-0.05, 0) is 47.7 Å². The van der Waals surface area contributed by atoms with Gasteiger partial charge in [0, 0.05) is 32.1 Å². The minimum absolute atomic E-state index is 0.0541. The lowest BCUT2D eigenvalue weighted by molar-refractivity contribution is -0.128. The van der Waals surface area contributed by atoms with E-state index in [1.807, 2.05) is 36.4 Å². The number of hydrogen-bond donors (Lipinski definition) is 1. The van der Waals surface area contributed by atoms with Gasteiger partial charge < -0.3 is 10.2 Å². The van der Waals surface area contributed by atoms with Crippen LogP contribution in [0.2, 0.25) is 0 Å². The van der Waals surface area contributed by atoms with E-state index >= 15 is 0 Å². The fourth-order valence-electron chi connectivity index (χ4n) is 3.59. The number of benzene rings is 2. The summed E-state index contributed by atoms with van der Waals surface area (Å²) in [6.07, 6.45) is 5.58. The topological polar surface area (TPSA) is 49.4 Å². The van der Waals surface area contributed by atoms with Crippen molar-refractivity contribution in [2.75, 3.05) is 12.4 Å². The largest absolute Gasteiger partial charge is 0.342 e. The number of anilines is 1. The van der Waals surface area contributed by atoms with E-state index in [1.54, 1.807) is 18.9 Å². The predicted molar refractivity (Wildman–Crippen MR) is 109 cm³/mol. The molecule has 0 aromatic heterocycles. The summed E-state index contributed by atoms with van der Waals surface area (Å²) in [5.41, 5.74) is 4.15. The summed E-state index contributed by atoms with van der Waals surface area (Å²) in [6.45, 7) is 2.17. The van der Waals surface area contributed by atoms with E-state index in [2.05, 4.69) is 17.4 Å². The first-order valence-corrected chi connectivity index (χ1v) is 9.75. The third-order valence-electron chi connectivity index (χ3n) is 5.35. The standard InChI is InChI=1S/C23H28N2O2/c1-17(26)25(2)16-18-7-6-10-21(15-18)19-11-13-22(14-12-19)24-23(27)20-8-4-3-5-9-20/h6-7,10-15,20H,3-5,8-9,16H2,1-2H3,(H,24,27). The van der Waals surface area contributed by atoms with Gasteiger partial charge in [0.25, 0.3) is 0 Å². The van der Waals surface area contributed by atoms with Crippen molar-refractivity contribution in [2.45, 2.75) is 45.6 Å². The molecular formula is C23H28N2O2. The van der Waals surface area contributed by atoms with Gasteiger partial charge in [-0.1, -0.05) is 49.6 Å². The third kappa shape index (κ3) is 5.19. The fourth-order valence-corrected chi connectivity index (χ4v) is 3.59. The van der Waals surface area contributed by atoms with E-state index in [4.69, 9.17) is 0 Å². The molecule has 2 aromatic carbocycles. The maximum absolute atomic E-state index is 12.4. The van der Waals surface area contributed by atoms with Crippen LogP contribution < -0.4 is 5.32 Å². The number of hydrogen-bond acceptors (Lipinski definition) is 2. The lowest BCUT2D eigenvalue weighted by atomic mass is 9.88. The van der Waals surface area contributed by atoms with Crippen LogP contribution in [-0.4, -0.2) is 23.8 Å². The molecule has 27 heavy (non-hydrogen) atoms. The fraction of sp³-hybridized carbons (Fsp3) is 0.391. The van der Waals surface area contributed by atoms with Crippen LogP contribution in [-0.2, 0) is 16.1 Å². The zero-order chi connectivity index (χ0) is 19.2. The summed E-state index contributed by atoms with van der Waals surface area (Å²) in [5, 5.41) is 3.06. The molecule has 0 heterocycles. The number of nitrogens with one attached hydrogen (secondary N) is 1. The summed E-state index contributed by atoms with van der Waals surface area (Å²) in [5.74, 6) is 0.364. The highest BCUT2D eigenvalue weighted by Gasteiger charge is 2.20. The molecule has 2 aromatic rings. The van der Waals surface area contributed by atoms with Crippen molar-refractivity contribution < 1.29 is 9.59 Å². The number of rotatable bonds is 5. The van der Waals surface area contributed by atoms with Gasteiger partial charge >= 0.3 is 0 Å². The van der Waals surface area contributed by atoms with E-state index < -0.39 is 0 Å². The summed E-state index contributed by atoms with van der Waals surface area (Å²) in [4.78, 5) is 25.5. The van der Waals surface area contributed by atoms with Crippen molar-refractivity contribution in [3.8, 4) is 11.1 Å². The Balaban J connectivity index is 1.66. The normalized spacial score (nSPS) is 14.6. The van der Waals surface area contributed by atoms with Crippen LogP contribution in [0.15, 0.2) is 48.5 Å². The average Bonchev–Trinajstić information content (AvgIpc) is 2.69. The second-order valence-electron chi connectivity index (χ2n) is 7.48. The zero-order valence-corrected chi connectivity index (χ0v) is 16.2. The number of carbonyl (C=O) groups excluding carboxylic acids is 2. The first-order chi connectivity index (χ1) is 13.0. The van der Waals surface area contributed by atoms with Crippen LogP contribution in [0.3, 0.4) is 0 Å². The molecule has 1 fully saturated rings. The molecular weight excluding hydrogens is 336 g/mol. The smallest absolute Gasteiger partial charge is 0.227 e. The molecule has 0 atom stereocenters. The van der Waals surface area contributed by atoms with E-state index in [9.17, 15) is 9.59 Å². The highest BCUT2D eigenvalue weighted by molar-refractivity contribution is 5.92. The third-order valence-corrected chi connectivity index (χ3v) is 5.35. The van der Waals surface area contributed by atoms with Crippen molar-refractivity contribution in [2.24, 2.45) is 5.92 Å². The van der Waals surface area contributed by atoms with E-state index in [1.165, 1.54) is 6.42 Å². The van der Waals surface area contributed by atoms with Crippen LogP contribution in [0.25, 0.3) is 11.1 Å². The molecule has 0 unspecified atom stereocenters. The molecule has 0 bridgehead atoms. The first kappa shape index (κ1) is 19.2. The van der Waals surface area contributed by atoms with Crippen LogP contribution in [0.4, 0.5) is 5.69 Å². The predicted octanol–water partition coefficient (Wildman–Crippen LogP) is 4.85. The Bertz CT molecular complexity index is 792. The van der Waals surface area contributed by atoms with Gasteiger partial charge in [-0.25, -0.2) is 0 Å². The monoisotopic (exact) mass is 364 g/mol. The van der Waals surface area contributed by atoms with Gasteiger partial charge in [0.15, 0.2) is 0 Å². The van der Waals surface area contributed by atoms with E-state index in [-0.39, 0.29) is 17.7 Å². The maximum Gasteiger partial charge on any atom is 0.227 e. The average molecular weight is 364 g/mol.